The van der Waals surface area contributed by atoms with Crippen molar-refractivity contribution in [2.45, 2.75) is 26.2 Å². The van der Waals surface area contributed by atoms with E-state index in [1.807, 2.05) is 18.2 Å². The summed E-state index contributed by atoms with van der Waals surface area (Å²) in [5.74, 6) is 2.33. The number of rotatable bonds is 3. The van der Waals surface area contributed by atoms with Crippen LogP contribution in [0.1, 0.15) is 24.7 Å². The van der Waals surface area contributed by atoms with Gasteiger partial charge in [0.1, 0.15) is 17.4 Å². The molecular formula is C15H17N3O. The molecule has 4 nitrogen and oxygen atoms in total. The minimum atomic E-state index is 0.533. The highest BCUT2D eigenvalue weighted by atomic mass is 16.5. The van der Waals surface area contributed by atoms with Gasteiger partial charge in [0.25, 0.3) is 0 Å². The Hall–Kier alpha value is -2.10. The van der Waals surface area contributed by atoms with Gasteiger partial charge in [-0.3, -0.25) is 0 Å². The number of aromatic nitrogens is 2. The standard InChI is InChI=1S/C15H17N3O/c1-2-3-15-17-12(9-14(16)18-15)10-4-5-13-11(8-10)6-7-19-13/h4-5,8-9H,2-3,6-7H2,1H3,(H2,16,17,18). The molecule has 1 aromatic heterocycles. The minimum absolute atomic E-state index is 0.533. The molecule has 4 heteroatoms. The summed E-state index contributed by atoms with van der Waals surface area (Å²) in [5, 5.41) is 0. The fourth-order valence-corrected chi connectivity index (χ4v) is 2.35. The topological polar surface area (TPSA) is 61.0 Å². The molecule has 19 heavy (non-hydrogen) atoms. The average Bonchev–Trinajstić information content (AvgIpc) is 2.85. The average molecular weight is 255 g/mol. The first-order valence-corrected chi connectivity index (χ1v) is 6.66. The summed E-state index contributed by atoms with van der Waals surface area (Å²) in [6.07, 6.45) is 2.83. The van der Waals surface area contributed by atoms with Gasteiger partial charge >= 0.3 is 0 Å². The van der Waals surface area contributed by atoms with E-state index in [0.717, 1.165) is 48.7 Å². The second-order valence-electron chi connectivity index (χ2n) is 4.77. The number of hydrogen-bond donors (Lipinski definition) is 1. The van der Waals surface area contributed by atoms with Crippen molar-refractivity contribution in [1.29, 1.82) is 0 Å². The van der Waals surface area contributed by atoms with Crippen molar-refractivity contribution in [3.8, 4) is 17.0 Å². The Morgan fingerprint density at radius 3 is 3.00 bits per heavy atom. The van der Waals surface area contributed by atoms with Crippen LogP contribution < -0.4 is 10.5 Å². The fraction of sp³-hybridized carbons (Fsp3) is 0.333. The summed E-state index contributed by atoms with van der Waals surface area (Å²) in [4.78, 5) is 8.85. The maximum absolute atomic E-state index is 5.86. The Bertz CT molecular complexity index is 610. The van der Waals surface area contributed by atoms with Gasteiger partial charge < -0.3 is 10.5 Å². The normalized spacial score (nSPS) is 13.1. The van der Waals surface area contributed by atoms with Crippen molar-refractivity contribution in [1.82, 2.24) is 9.97 Å². The van der Waals surface area contributed by atoms with Crippen LogP contribution in [0.2, 0.25) is 0 Å². The first kappa shape index (κ1) is 12.0. The van der Waals surface area contributed by atoms with Crippen LogP contribution in [0, 0.1) is 0 Å². The highest BCUT2D eigenvalue weighted by molar-refractivity contribution is 5.64. The maximum atomic E-state index is 5.86. The Morgan fingerprint density at radius 2 is 2.16 bits per heavy atom. The van der Waals surface area contributed by atoms with E-state index in [2.05, 4.69) is 23.0 Å². The monoisotopic (exact) mass is 255 g/mol. The van der Waals surface area contributed by atoms with Gasteiger partial charge in [0.2, 0.25) is 0 Å². The van der Waals surface area contributed by atoms with Gasteiger partial charge in [-0.25, -0.2) is 9.97 Å². The lowest BCUT2D eigenvalue weighted by atomic mass is 10.1. The van der Waals surface area contributed by atoms with Crippen LogP contribution in [0.15, 0.2) is 24.3 Å². The van der Waals surface area contributed by atoms with Crippen LogP contribution in [0.3, 0.4) is 0 Å². The molecule has 1 aromatic carbocycles. The third kappa shape index (κ3) is 2.38. The number of hydrogen-bond acceptors (Lipinski definition) is 4. The molecule has 3 rings (SSSR count). The molecule has 1 aliphatic heterocycles. The van der Waals surface area contributed by atoms with Crippen LogP contribution in [-0.4, -0.2) is 16.6 Å². The highest BCUT2D eigenvalue weighted by Crippen LogP contribution is 2.30. The Kier molecular flexibility index (Phi) is 3.07. The van der Waals surface area contributed by atoms with E-state index in [1.54, 1.807) is 0 Å². The Labute approximate surface area is 112 Å². The van der Waals surface area contributed by atoms with Crippen molar-refractivity contribution in [2.24, 2.45) is 0 Å². The summed E-state index contributed by atoms with van der Waals surface area (Å²) in [5.41, 5.74) is 9.08. The number of nitrogens with two attached hydrogens (primary N) is 1. The van der Waals surface area contributed by atoms with Gasteiger partial charge in [0.15, 0.2) is 0 Å². The molecule has 0 atom stereocenters. The fourth-order valence-electron chi connectivity index (χ4n) is 2.35. The predicted octanol–water partition coefficient (Wildman–Crippen LogP) is 2.61. The van der Waals surface area contributed by atoms with E-state index in [9.17, 15) is 0 Å². The van der Waals surface area contributed by atoms with Crippen LogP contribution in [0.25, 0.3) is 11.3 Å². The number of aryl methyl sites for hydroxylation is 1. The summed E-state index contributed by atoms with van der Waals surface area (Å²) in [7, 11) is 0. The van der Waals surface area contributed by atoms with Crippen LogP contribution >= 0.6 is 0 Å². The van der Waals surface area contributed by atoms with Gasteiger partial charge in [-0.15, -0.1) is 0 Å². The molecule has 1 aliphatic rings. The maximum Gasteiger partial charge on any atom is 0.131 e. The lowest BCUT2D eigenvalue weighted by Gasteiger charge is -2.07. The van der Waals surface area contributed by atoms with Crippen LogP contribution in [0.4, 0.5) is 5.82 Å². The number of anilines is 1. The summed E-state index contributed by atoms with van der Waals surface area (Å²) in [6.45, 7) is 2.88. The molecule has 0 saturated heterocycles. The van der Waals surface area contributed by atoms with Crippen molar-refractivity contribution >= 4 is 5.82 Å². The zero-order chi connectivity index (χ0) is 13.2. The third-order valence-corrected chi connectivity index (χ3v) is 3.25. The van der Waals surface area contributed by atoms with E-state index in [1.165, 1.54) is 5.56 Å². The van der Waals surface area contributed by atoms with Gasteiger partial charge in [-0.05, 0) is 30.2 Å². The second kappa shape index (κ2) is 4.88. The molecule has 0 saturated carbocycles. The van der Waals surface area contributed by atoms with E-state index >= 15 is 0 Å². The first-order valence-electron chi connectivity index (χ1n) is 6.66. The van der Waals surface area contributed by atoms with Crippen LogP contribution in [-0.2, 0) is 12.8 Å². The number of nitrogens with zero attached hydrogens (tertiary/aromatic N) is 2. The van der Waals surface area contributed by atoms with Crippen LogP contribution in [0.5, 0.6) is 5.75 Å². The largest absolute Gasteiger partial charge is 0.493 e. The molecule has 2 aromatic rings. The number of benzene rings is 1. The van der Waals surface area contributed by atoms with Crippen molar-refractivity contribution in [3.63, 3.8) is 0 Å². The number of ether oxygens (including phenoxy) is 1. The minimum Gasteiger partial charge on any atom is -0.493 e. The van der Waals surface area contributed by atoms with E-state index < -0.39 is 0 Å². The van der Waals surface area contributed by atoms with E-state index in [0.29, 0.717) is 5.82 Å². The lowest BCUT2D eigenvalue weighted by Crippen LogP contribution is -2.01. The predicted molar refractivity (Wildman–Crippen MR) is 75.1 cm³/mol. The molecule has 0 unspecified atom stereocenters. The Morgan fingerprint density at radius 1 is 1.26 bits per heavy atom. The van der Waals surface area contributed by atoms with Gasteiger partial charge in [0.05, 0.1) is 12.3 Å². The van der Waals surface area contributed by atoms with Gasteiger partial charge in [-0.1, -0.05) is 6.92 Å². The smallest absolute Gasteiger partial charge is 0.131 e. The molecule has 2 heterocycles. The second-order valence-corrected chi connectivity index (χ2v) is 4.77. The molecule has 98 valence electrons. The van der Waals surface area contributed by atoms with Gasteiger partial charge in [0, 0.05) is 24.5 Å². The zero-order valence-electron chi connectivity index (χ0n) is 11.0. The summed E-state index contributed by atoms with van der Waals surface area (Å²) in [6, 6.07) is 8.01. The SMILES string of the molecule is CCCc1nc(N)cc(-c2ccc3c(c2)CCO3)n1. The third-order valence-electron chi connectivity index (χ3n) is 3.25. The summed E-state index contributed by atoms with van der Waals surface area (Å²) >= 11 is 0. The number of nitrogen functional groups attached to an aromatic ring is 1. The molecule has 0 bridgehead atoms. The van der Waals surface area contributed by atoms with E-state index in [-0.39, 0.29) is 0 Å². The summed E-state index contributed by atoms with van der Waals surface area (Å²) < 4.78 is 5.52. The molecule has 0 aliphatic carbocycles. The first-order chi connectivity index (χ1) is 9.26. The van der Waals surface area contributed by atoms with Crippen molar-refractivity contribution in [2.75, 3.05) is 12.3 Å². The molecule has 0 spiro atoms. The van der Waals surface area contributed by atoms with Gasteiger partial charge in [-0.2, -0.15) is 0 Å². The number of fused-ring (bicyclic) bond motifs is 1. The lowest BCUT2D eigenvalue weighted by molar-refractivity contribution is 0.357. The Balaban J connectivity index is 2.01. The highest BCUT2D eigenvalue weighted by Gasteiger charge is 2.13. The zero-order valence-corrected chi connectivity index (χ0v) is 11.0. The quantitative estimate of drug-likeness (QED) is 0.915. The van der Waals surface area contributed by atoms with Crippen molar-refractivity contribution in [3.05, 3.63) is 35.7 Å². The molecular weight excluding hydrogens is 238 g/mol. The molecule has 0 fully saturated rings. The molecule has 0 radical (unpaired) electrons. The van der Waals surface area contributed by atoms with E-state index in [4.69, 9.17) is 10.5 Å². The molecule has 0 amide bonds. The van der Waals surface area contributed by atoms with Crippen molar-refractivity contribution < 1.29 is 4.74 Å². The molecule has 2 N–H and O–H groups in total.